The van der Waals surface area contributed by atoms with Crippen molar-refractivity contribution in [3.8, 4) is 28.7 Å². The molecule has 163 valence electrons. The summed E-state index contributed by atoms with van der Waals surface area (Å²) in [5.41, 5.74) is 5.42. The second kappa shape index (κ2) is 7.89. The van der Waals surface area contributed by atoms with Gasteiger partial charge in [0.15, 0.2) is 0 Å². The summed E-state index contributed by atoms with van der Waals surface area (Å²) in [6, 6.07) is 14.9. The van der Waals surface area contributed by atoms with E-state index in [0.717, 1.165) is 11.3 Å². The number of fused-ring (bicyclic) bond motifs is 1. The summed E-state index contributed by atoms with van der Waals surface area (Å²) >= 11 is 0. The van der Waals surface area contributed by atoms with Crippen LogP contribution in [-0.4, -0.2) is 15.0 Å². The molecule has 4 rings (SSSR count). The summed E-state index contributed by atoms with van der Waals surface area (Å²) in [7, 11) is 0. The van der Waals surface area contributed by atoms with Crippen molar-refractivity contribution in [3.63, 3.8) is 0 Å². The molecule has 32 heavy (non-hydrogen) atoms. The molecule has 0 N–H and O–H groups in total. The maximum absolute atomic E-state index is 9.15. The molecule has 0 amide bonds. The minimum absolute atomic E-state index is 0. The molecule has 0 atom stereocenters. The predicted molar refractivity (Wildman–Crippen MR) is 120 cm³/mol. The van der Waals surface area contributed by atoms with E-state index in [4.69, 9.17) is 11.8 Å². The van der Waals surface area contributed by atoms with Crippen LogP contribution in [0.25, 0.3) is 27.5 Å². The quantitative estimate of drug-likeness (QED) is 0.339. The zero-order chi connectivity index (χ0) is 22.6. The third kappa shape index (κ3) is 3.36. The fourth-order valence-electron chi connectivity index (χ4n) is 4.49. The van der Waals surface area contributed by atoms with Gasteiger partial charge in [-0.25, -0.2) is 0 Å². The van der Waals surface area contributed by atoms with Crippen molar-refractivity contribution in [3.05, 3.63) is 70.8 Å². The molecule has 1 aliphatic carbocycles. The third-order valence-electron chi connectivity index (χ3n) is 7.66. The van der Waals surface area contributed by atoms with Crippen molar-refractivity contribution < 1.29 is 20.1 Å². The van der Waals surface area contributed by atoms with E-state index in [0.29, 0.717) is 11.4 Å². The normalized spacial score (nSPS) is 16.9. The van der Waals surface area contributed by atoms with E-state index in [1.807, 2.05) is 18.2 Å². The Kier molecular flexibility index (Phi) is 5.85. The third-order valence-corrected chi connectivity index (χ3v) is 7.66. The molecule has 0 fully saturated rings. The number of pyridine rings is 1. The number of aromatic nitrogens is 3. The van der Waals surface area contributed by atoms with Gasteiger partial charge in [-0.05, 0) is 21.9 Å². The smallest absolute Gasteiger partial charge is 0.274 e. The van der Waals surface area contributed by atoms with Gasteiger partial charge in [-0.2, -0.15) is 10.2 Å². The first-order valence-electron chi connectivity index (χ1n) is 10.2. The molecule has 6 heteroatoms. The minimum atomic E-state index is 0. The van der Waals surface area contributed by atoms with E-state index in [1.165, 1.54) is 17.2 Å². The summed E-state index contributed by atoms with van der Waals surface area (Å²) in [4.78, 5) is 16.3. The van der Waals surface area contributed by atoms with Crippen LogP contribution in [0, 0.1) is 29.4 Å². The van der Waals surface area contributed by atoms with E-state index in [9.17, 15) is 0 Å². The summed E-state index contributed by atoms with van der Waals surface area (Å²) in [5, 5.41) is 9.15. The Morgan fingerprint density at radius 2 is 1.69 bits per heavy atom. The number of nitrogens with zero attached hydrogens (tertiary/aromatic N) is 5. The fourth-order valence-corrected chi connectivity index (χ4v) is 4.49. The summed E-state index contributed by atoms with van der Waals surface area (Å²) < 4.78 is 0. The first kappa shape index (κ1) is 23.7. The maximum Gasteiger partial charge on any atom is 0.274 e. The Balaban J connectivity index is 0.00000289. The number of hydrogen-bond acceptors (Lipinski definition) is 4. The van der Waals surface area contributed by atoms with Gasteiger partial charge in [0.25, 0.3) is 11.6 Å². The number of rotatable bonds is 2. The van der Waals surface area contributed by atoms with Crippen molar-refractivity contribution in [2.45, 2.75) is 52.4 Å². The van der Waals surface area contributed by atoms with E-state index in [-0.39, 0.29) is 47.9 Å². The molecule has 0 unspecified atom stereocenters. The first-order chi connectivity index (χ1) is 14.5. The number of benzene rings is 1. The van der Waals surface area contributed by atoms with Crippen LogP contribution in [0.1, 0.15) is 58.4 Å². The van der Waals surface area contributed by atoms with Gasteiger partial charge in [0.05, 0.1) is 5.56 Å². The second-order valence-corrected chi connectivity index (χ2v) is 9.64. The molecule has 1 radical (unpaired) electrons. The molecule has 0 saturated carbocycles. The van der Waals surface area contributed by atoms with Crippen molar-refractivity contribution >= 4 is 5.82 Å². The van der Waals surface area contributed by atoms with Crippen LogP contribution in [0.4, 0.5) is 5.82 Å². The van der Waals surface area contributed by atoms with Gasteiger partial charge in [-0.1, -0.05) is 65.2 Å². The standard InChI is InChI=1S/C26H24N5.Ir/c1-24(2)19-10-8-16(12-20(19)25(3,4)26(24,5)6)21-11-9-17(15-29-21)23-30-18(14-27)13-22(28-7)31-23;/h9-13,15H,1-6H3;/q-1;. The van der Waals surface area contributed by atoms with Crippen LogP contribution >= 0.6 is 0 Å². The Labute approximate surface area is 203 Å². The second-order valence-electron chi connectivity index (χ2n) is 9.64. The summed E-state index contributed by atoms with van der Waals surface area (Å²) in [5.74, 6) is 0.469. The van der Waals surface area contributed by atoms with Crippen LogP contribution in [0.2, 0.25) is 0 Å². The molecule has 0 saturated heterocycles. The van der Waals surface area contributed by atoms with Crippen LogP contribution < -0.4 is 0 Å². The van der Waals surface area contributed by atoms with E-state index >= 15 is 0 Å². The first-order valence-corrected chi connectivity index (χ1v) is 10.2. The van der Waals surface area contributed by atoms with Gasteiger partial charge in [0.2, 0.25) is 0 Å². The molecule has 1 aliphatic rings. The van der Waals surface area contributed by atoms with Crippen LogP contribution in [-0.2, 0) is 30.9 Å². The van der Waals surface area contributed by atoms with Crippen LogP contribution in [0.15, 0.2) is 36.5 Å². The van der Waals surface area contributed by atoms with Crippen molar-refractivity contribution in [1.82, 2.24) is 15.0 Å². The molecule has 1 aromatic carbocycles. The molecule has 2 aromatic heterocycles. The Morgan fingerprint density at radius 3 is 2.28 bits per heavy atom. The SMILES string of the molecule is [C-]#[N+]c1cc(C#N)nc(-c2ccc(-c3[c-]cc4c(c3)C(C)(C)C(C)(C)C4(C)C)nc2)n1.[Ir]. The molecule has 5 nitrogen and oxygen atoms in total. The van der Waals surface area contributed by atoms with E-state index in [1.54, 1.807) is 6.20 Å². The van der Waals surface area contributed by atoms with Crippen molar-refractivity contribution in [2.75, 3.05) is 0 Å². The molecule has 0 aliphatic heterocycles. The van der Waals surface area contributed by atoms with Crippen molar-refractivity contribution in [2.24, 2.45) is 5.41 Å². The molecular formula is C26H24IrN5-. The summed E-state index contributed by atoms with van der Waals surface area (Å²) in [6.07, 6.45) is 1.68. The zero-order valence-corrected chi connectivity index (χ0v) is 21.4. The molecule has 0 spiro atoms. The molecule has 2 heterocycles. The molecule has 0 bridgehead atoms. The van der Waals surface area contributed by atoms with Crippen LogP contribution in [0.5, 0.6) is 0 Å². The molecule has 3 aromatic rings. The Bertz CT molecular complexity index is 1240. The largest absolute Gasteiger partial charge is 0.360 e. The average molecular weight is 599 g/mol. The topological polar surface area (TPSA) is 66.8 Å². The monoisotopic (exact) mass is 599 g/mol. The fraction of sp³-hybridized carbons (Fsp3) is 0.346. The molecular weight excluding hydrogens is 575 g/mol. The average Bonchev–Trinajstić information content (AvgIpc) is 2.87. The van der Waals surface area contributed by atoms with E-state index < -0.39 is 0 Å². The Hall–Kier alpha value is -2.92. The van der Waals surface area contributed by atoms with Gasteiger partial charge in [-0.15, -0.1) is 34.9 Å². The summed E-state index contributed by atoms with van der Waals surface area (Å²) in [6.45, 7) is 21.1. The van der Waals surface area contributed by atoms with Gasteiger partial charge in [0.1, 0.15) is 11.8 Å². The maximum atomic E-state index is 9.15. The van der Waals surface area contributed by atoms with Crippen molar-refractivity contribution in [1.29, 1.82) is 5.26 Å². The van der Waals surface area contributed by atoms with Crippen LogP contribution in [0.3, 0.4) is 0 Å². The Morgan fingerprint density at radius 1 is 1.00 bits per heavy atom. The number of hydrogen-bond donors (Lipinski definition) is 0. The zero-order valence-electron chi connectivity index (χ0n) is 19.0. The minimum Gasteiger partial charge on any atom is -0.360 e. The van der Waals surface area contributed by atoms with E-state index in [2.05, 4.69) is 79.5 Å². The van der Waals surface area contributed by atoms with Gasteiger partial charge in [0, 0.05) is 32.4 Å². The van der Waals surface area contributed by atoms with Gasteiger partial charge in [-0.3, -0.25) is 0 Å². The van der Waals surface area contributed by atoms with Gasteiger partial charge < -0.3 is 9.83 Å². The van der Waals surface area contributed by atoms with Gasteiger partial charge >= 0.3 is 0 Å². The predicted octanol–water partition coefficient (Wildman–Crippen LogP) is 6.02. The number of nitriles is 1.